The lowest BCUT2D eigenvalue weighted by molar-refractivity contribution is -0.113. The number of rotatable bonds is 3. The second-order valence-electron chi connectivity index (χ2n) is 8.26. The highest BCUT2D eigenvalue weighted by Crippen LogP contribution is 2.39. The Balaban J connectivity index is 2.77. The molecule has 0 bridgehead atoms. The van der Waals surface area contributed by atoms with Gasteiger partial charge < -0.3 is 9.22 Å². The van der Waals surface area contributed by atoms with Crippen molar-refractivity contribution in [3.8, 4) is 0 Å². The zero-order valence-electron chi connectivity index (χ0n) is 13.9. The summed E-state index contributed by atoms with van der Waals surface area (Å²) in [6.45, 7) is 18.7. The summed E-state index contributed by atoms with van der Waals surface area (Å²) < 4.78 is 6.46. The van der Waals surface area contributed by atoms with Gasteiger partial charge in [0.2, 0.25) is 0 Å². The van der Waals surface area contributed by atoms with Crippen molar-refractivity contribution < 1.29 is 9.22 Å². The number of hydrogen-bond acceptors (Lipinski definition) is 3. The number of carbonyl (C=O) groups excluding carboxylic acids is 1. The average molecular weight is 286 g/mol. The first-order valence-electron chi connectivity index (χ1n) is 7.28. The van der Waals surface area contributed by atoms with E-state index in [9.17, 15) is 4.79 Å². The zero-order chi connectivity index (χ0) is 15.1. The Morgan fingerprint density at radius 1 is 1.16 bits per heavy atom. The van der Waals surface area contributed by atoms with Gasteiger partial charge in [0.05, 0.1) is 12.1 Å². The van der Waals surface area contributed by atoms with E-state index in [1.165, 1.54) is 0 Å². The largest absolute Gasteiger partial charge is 0.413 e. The van der Waals surface area contributed by atoms with Crippen molar-refractivity contribution in [2.75, 3.05) is 6.54 Å². The standard InChI is InChI=1S/C15H31NO2Si/c1-14(2,3)16-10-13(9-12(16)11-17)18-19(7,8)15(4,5)6/h11-13H,9-10H2,1-8H3/t12-,13+/m0/s1. The third-order valence-corrected chi connectivity index (χ3v) is 9.13. The van der Waals surface area contributed by atoms with E-state index in [4.69, 9.17) is 4.43 Å². The Kier molecular flexibility index (Phi) is 4.70. The van der Waals surface area contributed by atoms with Gasteiger partial charge in [-0.2, -0.15) is 0 Å². The molecule has 1 rings (SSSR count). The fourth-order valence-electron chi connectivity index (χ4n) is 2.41. The second-order valence-corrected chi connectivity index (χ2v) is 13.0. The van der Waals surface area contributed by atoms with Gasteiger partial charge in [0, 0.05) is 12.1 Å². The maximum Gasteiger partial charge on any atom is 0.192 e. The fourth-order valence-corrected chi connectivity index (χ4v) is 3.76. The lowest BCUT2D eigenvalue weighted by atomic mass is 10.1. The summed E-state index contributed by atoms with van der Waals surface area (Å²) in [4.78, 5) is 13.6. The van der Waals surface area contributed by atoms with E-state index in [1.807, 2.05) is 0 Å². The van der Waals surface area contributed by atoms with Gasteiger partial charge in [-0.3, -0.25) is 4.90 Å². The van der Waals surface area contributed by atoms with Crippen LogP contribution in [-0.4, -0.2) is 43.7 Å². The van der Waals surface area contributed by atoms with Gasteiger partial charge >= 0.3 is 0 Å². The molecule has 0 aromatic carbocycles. The molecule has 19 heavy (non-hydrogen) atoms. The number of nitrogens with zero attached hydrogens (tertiary/aromatic N) is 1. The van der Waals surface area contributed by atoms with Crippen LogP contribution in [0.4, 0.5) is 0 Å². The predicted molar refractivity (Wildman–Crippen MR) is 83.0 cm³/mol. The van der Waals surface area contributed by atoms with Crippen molar-refractivity contribution in [3.05, 3.63) is 0 Å². The first kappa shape index (κ1) is 16.9. The Bertz CT molecular complexity index is 328. The monoisotopic (exact) mass is 285 g/mol. The minimum absolute atomic E-state index is 0.00904. The van der Waals surface area contributed by atoms with E-state index in [2.05, 4.69) is 59.5 Å². The molecule has 0 N–H and O–H groups in total. The molecule has 0 aromatic rings. The predicted octanol–water partition coefficient (Wildman–Crippen LogP) is 3.45. The van der Waals surface area contributed by atoms with Gasteiger partial charge in [-0.05, 0) is 45.3 Å². The van der Waals surface area contributed by atoms with Crippen LogP contribution < -0.4 is 0 Å². The van der Waals surface area contributed by atoms with Gasteiger partial charge in [0.1, 0.15) is 6.29 Å². The van der Waals surface area contributed by atoms with Gasteiger partial charge in [-0.25, -0.2) is 0 Å². The highest BCUT2D eigenvalue weighted by Gasteiger charge is 2.44. The molecule has 2 atom stereocenters. The maximum absolute atomic E-state index is 11.3. The van der Waals surface area contributed by atoms with Crippen molar-refractivity contribution in [1.29, 1.82) is 0 Å². The SMILES string of the molecule is CC(C)(C)N1C[C@H](O[Si](C)(C)C(C)(C)C)C[C@H]1C=O. The van der Waals surface area contributed by atoms with Gasteiger partial charge in [0.15, 0.2) is 8.32 Å². The molecule has 0 aromatic heterocycles. The topological polar surface area (TPSA) is 29.5 Å². The molecule has 1 fully saturated rings. The molecule has 0 unspecified atom stereocenters. The zero-order valence-corrected chi connectivity index (χ0v) is 14.9. The molecule has 3 nitrogen and oxygen atoms in total. The van der Waals surface area contributed by atoms with E-state index in [0.717, 1.165) is 19.3 Å². The van der Waals surface area contributed by atoms with E-state index in [1.54, 1.807) is 0 Å². The van der Waals surface area contributed by atoms with E-state index < -0.39 is 8.32 Å². The first-order chi connectivity index (χ1) is 8.38. The van der Waals surface area contributed by atoms with E-state index in [0.29, 0.717) is 0 Å². The Hall–Kier alpha value is -0.193. The molecule has 0 spiro atoms. The van der Waals surface area contributed by atoms with Crippen molar-refractivity contribution >= 4 is 14.6 Å². The van der Waals surface area contributed by atoms with Gasteiger partial charge in [-0.1, -0.05) is 20.8 Å². The number of carbonyl (C=O) groups is 1. The lowest BCUT2D eigenvalue weighted by Gasteiger charge is -2.39. The van der Waals surface area contributed by atoms with Crippen LogP contribution >= 0.6 is 0 Å². The van der Waals surface area contributed by atoms with Gasteiger partial charge in [0.25, 0.3) is 0 Å². The summed E-state index contributed by atoms with van der Waals surface area (Å²) in [5.41, 5.74) is 0.0249. The van der Waals surface area contributed by atoms with Crippen molar-refractivity contribution in [2.45, 2.75) is 83.8 Å². The van der Waals surface area contributed by atoms with Crippen LogP contribution in [0.1, 0.15) is 48.0 Å². The summed E-state index contributed by atoms with van der Waals surface area (Å²) in [6.07, 6.45) is 2.13. The van der Waals surface area contributed by atoms with Gasteiger partial charge in [-0.15, -0.1) is 0 Å². The fraction of sp³-hybridized carbons (Fsp3) is 0.933. The van der Waals surface area contributed by atoms with Crippen LogP contribution in [0.25, 0.3) is 0 Å². The Morgan fingerprint density at radius 2 is 1.68 bits per heavy atom. The van der Waals surface area contributed by atoms with Crippen LogP contribution in [0.15, 0.2) is 0 Å². The average Bonchev–Trinajstić information content (AvgIpc) is 2.57. The molecular weight excluding hydrogens is 254 g/mol. The lowest BCUT2D eigenvalue weighted by Crippen LogP contribution is -2.47. The number of likely N-dealkylation sites (tertiary alicyclic amines) is 1. The molecule has 1 aliphatic rings. The quantitative estimate of drug-likeness (QED) is 0.587. The normalized spacial score (nSPS) is 26.7. The molecule has 1 saturated heterocycles. The summed E-state index contributed by atoms with van der Waals surface area (Å²) >= 11 is 0. The molecule has 112 valence electrons. The van der Waals surface area contributed by atoms with Crippen LogP contribution in [0.5, 0.6) is 0 Å². The minimum Gasteiger partial charge on any atom is -0.413 e. The summed E-state index contributed by atoms with van der Waals surface area (Å²) in [5.74, 6) is 0. The van der Waals surface area contributed by atoms with Crippen LogP contribution in [0.2, 0.25) is 18.1 Å². The van der Waals surface area contributed by atoms with Crippen molar-refractivity contribution in [2.24, 2.45) is 0 Å². The third kappa shape index (κ3) is 3.89. The third-order valence-electron chi connectivity index (χ3n) is 4.59. The molecule has 0 saturated carbocycles. The Morgan fingerprint density at radius 3 is 2.00 bits per heavy atom. The number of hydrogen-bond donors (Lipinski definition) is 0. The van der Waals surface area contributed by atoms with Crippen LogP contribution in [0.3, 0.4) is 0 Å². The summed E-state index contributed by atoms with van der Waals surface area (Å²) in [7, 11) is -1.74. The smallest absolute Gasteiger partial charge is 0.192 e. The highest BCUT2D eigenvalue weighted by atomic mass is 28.4. The van der Waals surface area contributed by atoms with E-state index >= 15 is 0 Å². The second kappa shape index (κ2) is 5.30. The molecule has 0 radical (unpaired) electrons. The summed E-state index contributed by atoms with van der Waals surface area (Å²) in [5, 5.41) is 0.221. The van der Waals surface area contributed by atoms with Crippen molar-refractivity contribution in [1.82, 2.24) is 4.90 Å². The molecule has 0 aliphatic carbocycles. The molecule has 0 amide bonds. The highest BCUT2D eigenvalue weighted by molar-refractivity contribution is 6.74. The van der Waals surface area contributed by atoms with E-state index in [-0.39, 0.29) is 22.7 Å². The van der Waals surface area contributed by atoms with Crippen molar-refractivity contribution in [3.63, 3.8) is 0 Å². The molecule has 1 heterocycles. The number of aldehydes is 1. The van der Waals surface area contributed by atoms with Crippen LogP contribution in [0, 0.1) is 0 Å². The maximum atomic E-state index is 11.3. The molecular formula is C15H31NO2Si. The molecule has 4 heteroatoms. The summed E-state index contributed by atoms with van der Waals surface area (Å²) in [6, 6.07) is 0.00904. The first-order valence-corrected chi connectivity index (χ1v) is 10.2. The van der Waals surface area contributed by atoms with Crippen LogP contribution in [-0.2, 0) is 9.22 Å². The Labute approximate surface area is 119 Å². The molecule has 1 aliphatic heterocycles. The minimum atomic E-state index is -1.74.